The van der Waals surface area contributed by atoms with Crippen molar-refractivity contribution >= 4 is 33.1 Å². The van der Waals surface area contributed by atoms with E-state index < -0.39 is 0 Å². The molecule has 0 aliphatic carbocycles. The second-order valence-electron chi connectivity index (χ2n) is 6.19. The van der Waals surface area contributed by atoms with E-state index in [4.69, 9.17) is 0 Å². The third-order valence-electron chi connectivity index (χ3n) is 3.01. The van der Waals surface area contributed by atoms with E-state index in [2.05, 4.69) is 63.0 Å². The Bertz CT molecular complexity index is 632. The van der Waals surface area contributed by atoms with Gasteiger partial charge in [-0.3, -0.25) is 0 Å². The van der Waals surface area contributed by atoms with Gasteiger partial charge in [-0.25, -0.2) is 9.97 Å². The highest BCUT2D eigenvalue weighted by Crippen LogP contribution is 2.28. The molecule has 2 aromatic rings. The predicted molar refractivity (Wildman–Crippen MR) is 92.5 cm³/mol. The number of aromatic nitrogens is 2. The lowest BCUT2D eigenvalue weighted by atomic mass is 9.96. The Morgan fingerprint density at radius 3 is 2.38 bits per heavy atom. The van der Waals surface area contributed by atoms with Crippen LogP contribution < -0.4 is 10.2 Å². The molecule has 0 saturated heterocycles. The monoisotopic (exact) mass is 348 g/mol. The van der Waals surface area contributed by atoms with E-state index >= 15 is 0 Å². The van der Waals surface area contributed by atoms with Crippen molar-refractivity contribution in [2.45, 2.75) is 26.2 Å². The summed E-state index contributed by atoms with van der Waals surface area (Å²) in [4.78, 5) is 11.2. The molecule has 2 rings (SSSR count). The number of hydrogen-bond donors (Lipinski definition) is 1. The minimum atomic E-state index is -0.0960. The van der Waals surface area contributed by atoms with Gasteiger partial charge in [0.15, 0.2) is 0 Å². The van der Waals surface area contributed by atoms with Crippen LogP contribution in [0.25, 0.3) is 0 Å². The van der Waals surface area contributed by atoms with Gasteiger partial charge in [0.25, 0.3) is 0 Å². The highest BCUT2D eigenvalue weighted by Gasteiger charge is 2.19. The van der Waals surface area contributed by atoms with Crippen LogP contribution in [0.1, 0.15) is 26.6 Å². The summed E-state index contributed by atoms with van der Waals surface area (Å²) in [5, 5.41) is 3.38. The minimum absolute atomic E-state index is 0.0960. The van der Waals surface area contributed by atoms with E-state index in [9.17, 15) is 0 Å². The number of nitrogens with zero attached hydrogens (tertiary/aromatic N) is 3. The van der Waals surface area contributed by atoms with Crippen LogP contribution in [0.5, 0.6) is 0 Å². The third kappa shape index (κ3) is 3.94. The largest absolute Gasteiger partial charge is 0.376 e. The Kier molecular flexibility index (Phi) is 4.52. The van der Waals surface area contributed by atoms with Crippen LogP contribution >= 0.6 is 15.9 Å². The highest BCUT2D eigenvalue weighted by atomic mass is 79.9. The molecule has 4 nitrogen and oxygen atoms in total. The van der Waals surface area contributed by atoms with Crippen molar-refractivity contribution in [3.63, 3.8) is 0 Å². The molecule has 0 bridgehead atoms. The number of hydrogen-bond acceptors (Lipinski definition) is 4. The second-order valence-corrected chi connectivity index (χ2v) is 7.00. The smallest absolute Gasteiger partial charge is 0.137 e. The highest BCUT2D eigenvalue weighted by molar-refractivity contribution is 9.10. The van der Waals surface area contributed by atoms with Crippen molar-refractivity contribution in [2.75, 3.05) is 24.3 Å². The zero-order chi connectivity index (χ0) is 15.6. The summed E-state index contributed by atoms with van der Waals surface area (Å²) in [5.74, 6) is 1.60. The predicted octanol–water partition coefficient (Wildman–Crippen LogP) is 4.35. The topological polar surface area (TPSA) is 41.0 Å². The maximum Gasteiger partial charge on any atom is 0.137 e. The number of para-hydroxylation sites is 2. The summed E-state index contributed by atoms with van der Waals surface area (Å²) in [5.41, 5.74) is 2.04. The fourth-order valence-electron chi connectivity index (χ4n) is 1.92. The van der Waals surface area contributed by atoms with Gasteiger partial charge >= 0.3 is 0 Å². The second kappa shape index (κ2) is 6.02. The average molecular weight is 349 g/mol. The molecule has 0 fully saturated rings. The molecule has 112 valence electrons. The first-order valence-corrected chi connectivity index (χ1v) is 7.65. The summed E-state index contributed by atoms with van der Waals surface area (Å²) in [6.07, 6.45) is 0. The van der Waals surface area contributed by atoms with Crippen molar-refractivity contribution in [1.82, 2.24) is 9.97 Å². The maximum atomic E-state index is 4.63. The van der Waals surface area contributed by atoms with Gasteiger partial charge in [0, 0.05) is 25.6 Å². The molecule has 0 aliphatic heterocycles. The van der Waals surface area contributed by atoms with Crippen molar-refractivity contribution in [3.05, 3.63) is 40.8 Å². The van der Waals surface area contributed by atoms with Gasteiger partial charge in [-0.2, -0.15) is 0 Å². The molecule has 1 aromatic carbocycles. The SMILES string of the molecule is CN(C)c1ccccc1Nc1cc(Br)nc(C(C)(C)C)n1. The van der Waals surface area contributed by atoms with E-state index in [1.54, 1.807) is 0 Å². The van der Waals surface area contributed by atoms with Crippen LogP contribution in [0.2, 0.25) is 0 Å². The van der Waals surface area contributed by atoms with E-state index in [1.165, 1.54) is 0 Å². The van der Waals surface area contributed by atoms with Gasteiger partial charge in [-0.1, -0.05) is 32.9 Å². The van der Waals surface area contributed by atoms with Crippen LogP contribution in [-0.2, 0) is 5.41 Å². The van der Waals surface area contributed by atoms with E-state index in [0.717, 1.165) is 27.6 Å². The summed E-state index contributed by atoms with van der Waals surface area (Å²) in [7, 11) is 4.05. The Morgan fingerprint density at radius 1 is 1.10 bits per heavy atom. The standard InChI is InChI=1S/C16H21BrN4/c1-16(2,3)15-19-13(17)10-14(20-15)18-11-8-6-7-9-12(11)21(4)5/h6-10H,1-5H3,(H,18,19,20). The number of rotatable bonds is 3. The zero-order valence-corrected chi connectivity index (χ0v) is 14.7. The fourth-order valence-corrected chi connectivity index (χ4v) is 2.31. The third-order valence-corrected chi connectivity index (χ3v) is 3.42. The normalized spacial score (nSPS) is 11.3. The van der Waals surface area contributed by atoms with Gasteiger partial charge < -0.3 is 10.2 Å². The number of anilines is 3. The molecule has 0 amide bonds. The van der Waals surface area contributed by atoms with E-state index in [-0.39, 0.29) is 5.41 Å². The number of nitrogens with one attached hydrogen (secondary N) is 1. The van der Waals surface area contributed by atoms with Crippen LogP contribution in [0.15, 0.2) is 34.9 Å². The van der Waals surface area contributed by atoms with Crippen molar-refractivity contribution < 1.29 is 0 Å². The molecule has 1 N–H and O–H groups in total. The molecule has 21 heavy (non-hydrogen) atoms. The van der Waals surface area contributed by atoms with Crippen LogP contribution in [0.3, 0.4) is 0 Å². The summed E-state index contributed by atoms with van der Waals surface area (Å²) >= 11 is 3.46. The molecule has 5 heteroatoms. The average Bonchev–Trinajstić information content (AvgIpc) is 2.37. The molecule has 0 radical (unpaired) electrons. The van der Waals surface area contributed by atoms with Crippen LogP contribution in [-0.4, -0.2) is 24.1 Å². The molecule has 0 spiro atoms. The zero-order valence-electron chi connectivity index (χ0n) is 13.1. The first-order valence-electron chi connectivity index (χ1n) is 6.86. The Labute approximate surface area is 134 Å². The summed E-state index contributed by atoms with van der Waals surface area (Å²) in [6, 6.07) is 10.0. The van der Waals surface area contributed by atoms with Crippen LogP contribution in [0, 0.1) is 0 Å². The molecule has 0 atom stereocenters. The lowest BCUT2D eigenvalue weighted by Gasteiger charge is -2.20. The van der Waals surface area contributed by atoms with Gasteiger partial charge in [-0.05, 0) is 28.1 Å². The Hall–Kier alpha value is -1.62. The van der Waals surface area contributed by atoms with Gasteiger partial charge in [0.2, 0.25) is 0 Å². The molecule has 0 aliphatic rings. The molecular weight excluding hydrogens is 328 g/mol. The Balaban J connectivity index is 2.39. The van der Waals surface area contributed by atoms with Gasteiger partial charge in [0.1, 0.15) is 16.2 Å². The molecule has 0 saturated carbocycles. The number of halogens is 1. The lowest BCUT2D eigenvalue weighted by molar-refractivity contribution is 0.544. The molecule has 1 aromatic heterocycles. The maximum absolute atomic E-state index is 4.63. The molecule has 1 heterocycles. The quantitative estimate of drug-likeness (QED) is 0.837. The Morgan fingerprint density at radius 2 is 1.76 bits per heavy atom. The summed E-state index contributed by atoms with van der Waals surface area (Å²) in [6.45, 7) is 6.31. The number of benzene rings is 1. The fraction of sp³-hybridized carbons (Fsp3) is 0.375. The van der Waals surface area contributed by atoms with Crippen molar-refractivity contribution in [2.24, 2.45) is 0 Å². The minimum Gasteiger partial charge on any atom is -0.376 e. The van der Waals surface area contributed by atoms with E-state index in [0.29, 0.717) is 0 Å². The van der Waals surface area contributed by atoms with Crippen molar-refractivity contribution in [1.29, 1.82) is 0 Å². The molecular formula is C16H21BrN4. The summed E-state index contributed by atoms with van der Waals surface area (Å²) < 4.78 is 0.784. The lowest BCUT2D eigenvalue weighted by Crippen LogP contribution is -2.17. The first kappa shape index (κ1) is 15.8. The molecule has 0 unspecified atom stereocenters. The van der Waals surface area contributed by atoms with Crippen molar-refractivity contribution in [3.8, 4) is 0 Å². The van der Waals surface area contributed by atoms with Gasteiger partial charge in [0.05, 0.1) is 11.4 Å². The van der Waals surface area contributed by atoms with Gasteiger partial charge in [-0.15, -0.1) is 0 Å². The van der Waals surface area contributed by atoms with E-state index in [1.807, 2.05) is 38.4 Å². The van der Waals surface area contributed by atoms with Crippen LogP contribution in [0.4, 0.5) is 17.2 Å². The first-order chi connectivity index (χ1) is 9.77.